The molecule has 2 rings (SSSR count). The summed E-state index contributed by atoms with van der Waals surface area (Å²) in [5.41, 5.74) is 6.34. The fourth-order valence-electron chi connectivity index (χ4n) is 2.67. The van der Waals surface area contributed by atoms with Crippen molar-refractivity contribution in [2.75, 3.05) is 7.05 Å². The number of rotatable bonds is 3. The highest BCUT2D eigenvalue weighted by atomic mass is 15.3. The van der Waals surface area contributed by atoms with Gasteiger partial charge < -0.3 is 5.32 Å². The van der Waals surface area contributed by atoms with Gasteiger partial charge in [-0.3, -0.25) is 4.68 Å². The summed E-state index contributed by atoms with van der Waals surface area (Å²) < 4.78 is 1.85. The Morgan fingerprint density at radius 1 is 1.17 bits per heavy atom. The van der Waals surface area contributed by atoms with Crippen LogP contribution in [0.1, 0.15) is 34.0 Å². The van der Waals surface area contributed by atoms with Crippen LogP contribution in [-0.4, -0.2) is 16.8 Å². The summed E-state index contributed by atoms with van der Waals surface area (Å²) in [6.45, 7) is 6.48. The second-order valence-corrected chi connectivity index (χ2v) is 4.95. The van der Waals surface area contributed by atoms with Crippen molar-refractivity contribution in [3.05, 3.63) is 52.3 Å². The summed E-state index contributed by atoms with van der Waals surface area (Å²) >= 11 is 0. The lowest BCUT2D eigenvalue weighted by Gasteiger charge is -2.20. The number of hydrogen-bond donors (Lipinski definition) is 1. The first-order chi connectivity index (χ1) is 8.52. The van der Waals surface area contributed by atoms with Crippen molar-refractivity contribution in [2.24, 2.45) is 7.05 Å². The minimum Gasteiger partial charge on any atom is -0.308 e. The van der Waals surface area contributed by atoms with E-state index in [0.717, 1.165) is 5.69 Å². The van der Waals surface area contributed by atoms with Gasteiger partial charge in [0.15, 0.2) is 0 Å². The molecule has 0 aliphatic carbocycles. The first kappa shape index (κ1) is 12.8. The minimum atomic E-state index is 0.159. The van der Waals surface area contributed by atoms with E-state index in [1.807, 2.05) is 25.0 Å². The van der Waals surface area contributed by atoms with Crippen LogP contribution >= 0.6 is 0 Å². The van der Waals surface area contributed by atoms with Gasteiger partial charge >= 0.3 is 0 Å². The Balaban J connectivity index is 2.51. The molecule has 0 bridgehead atoms. The molecule has 0 saturated carbocycles. The third kappa shape index (κ3) is 2.31. The monoisotopic (exact) mass is 243 g/mol. The van der Waals surface area contributed by atoms with E-state index in [1.54, 1.807) is 0 Å². The van der Waals surface area contributed by atoms with Crippen molar-refractivity contribution in [2.45, 2.75) is 26.8 Å². The average molecular weight is 243 g/mol. The van der Waals surface area contributed by atoms with Gasteiger partial charge in [0.1, 0.15) is 0 Å². The van der Waals surface area contributed by atoms with Gasteiger partial charge in [-0.25, -0.2) is 0 Å². The lowest BCUT2D eigenvalue weighted by Crippen LogP contribution is -2.20. The fraction of sp³-hybridized carbons (Fsp3) is 0.400. The molecule has 0 spiro atoms. The van der Waals surface area contributed by atoms with Crippen LogP contribution < -0.4 is 5.32 Å². The van der Waals surface area contributed by atoms with Crippen molar-refractivity contribution in [3.8, 4) is 0 Å². The van der Waals surface area contributed by atoms with Crippen LogP contribution in [0.15, 0.2) is 24.4 Å². The van der Waals surface area contributed by atoms with Gasteiger partial charge in [-0.1, -0.05) is 17.7 Å². The first-order valence-electron chi connectivity index (χ1n) is 6.27. The topological polar surface area (TPSA) is 29.9 Å². The lowest BCUT2D eigenvalue weighted by molar-refractivity contribution is 0.636. The highest BCUT2D eigenvalue weighted by Gasteiger charge is 2.18. The zero-order chi connectivity index (χ0) is 13.3. The van der Waals surface area contributed by atoms with E-state index in [1.165, 1.54) is 22.3 Å². The Bertz CT molecular complexity index is 532. The molecule has 96 valence electrons. The van der Waals surface area contributed by atoms with Gasteiger partial charge in [0, 0.05) is 13.2 Å². The molecule has 0 aliphatic heterocycles. The molecule has 1 atom stereocenters. The van der Waals surface area contributed by atoms with E-state index in [2.05, 4.69) is 49.4 Å². The quantitative estimate of drug-likeness (QED) is 0.898. The lowest BCUT2D eigenvalue weighted by atomic mass is 9.92. The first-order valence-corrected chi connectivity index (χ1v) is 6.27. The Kier molecular flexibility index (Phi) is 3.53. The number of benzene rings is 1. The molecule has 2 aromatic rings. The number of hydrogen-bond acceptors (Lipinski definition) is 2. The molecule has 18 heavy (non-hydrogen) atoms. The van der Waals surface area contributed by atoms with Gasteiger partial charge in [-0.15, -0.1) is 0 Å². The van der Waals surface area contributed by atoms with Crippen molar-refractivity contribution in [1.29, 1.82) is 0 Å². The smallest absolute Gasteiger partial charge is 0.0839 e. The third-order valence-corrected chi connectivity index (χ3v) is 3.35. The average Bonchev–Trinajstić information content (AvgIpc) is 2.69. The summed E-state index contributed by atoms with van der Waals surface area (Å²) in [6.07, 6.45) is 1.98. The maximum Gasteiger partial charge on any atom is 0.0839 e. The Morgan fingerprint density at radius 2 is 1.78 bits per heavy atom. The van der Waals surface area contributed by atoms with E-state index in [9.17, 15) is 0 Å². The molecular weight excluding hydrogens is 222 g/mol. The zero-order valence-electron chi connectivity index (χ0n) is 11.8. The molecule has 0 radical (unpaired) electrons. The maximum atomic E-state index is 4.52. The molecule has 1 heterocycles. The second-order valence-electron chi connectivity index (χ2n) is 4.95. The van der Waals surface area contributed by atoms with E-state index in [0.29, 0.717) is 0 Å². The van der Waals surface area contributed by atoms with Crippen LogP contribution in [0.4, 0.5) is 0 Å². The normalized spacial score (nSPS) is 12.7. The van der Waals surface area contributed by atoms with Crippen LogP contribution in [-0.2, 0) is 7.05 Å². The van der Waals surface area contributed by atoms with Gasteiger partial charge in [0.25, 0.3) is 0 Å². The third-order valence-electron chi connectivity index (χ3n) is 3.35. The number of nitrogens with zero attached hydrogens (tertiary/aromatic N) is 2. The van der Waals surface area contributed by atoms with Crippen molar-refractivity contribution >= 4 is 0 Å². The summed E-state index contributed by atoms with van der Waals surface area (Å²) in [7, 11) is 3.93. The van der Waals surface area contributed by atoms with Crippen molar-refractivity contribution in [1.82, 2.24) is 15.1 Å². The van der Waals surface area contributed by atoms with Crippen LogP contribution in [0.2, 0.25) is 0 Å². The standard InChI is InChI=1S/C15H21N3/c1-10-8-11(2)14(12(3)9-10)15(16-4)13-6-7-18(5)17-13/h6-9,15-16H,1-5H3. The van der Waals surface area contributed by atoms with Gasteiger partial charge in [-0.2, -0.15) is 5.10 Å². The van der Waals surface area contributed by atoms with E-state index in [-0.39, 0.29) is 6.04 Å². The summed E-state index contributed by atoms with van der Waals surface area (Å²) in [5.74, 6) is 0. The van der Waals surface area contributed by atoms with Crippen molar-refractivity contribution in [3.63, 3.8) is 0 Å². The molecule has 0 amide bonds. The summed E-state index contributed by atoms with van der Waals surface area (Å²) in [4.78, 5) is 0. The number of nitrogens with one attached hydrogen (secondary N) is 1. The van der Waals surface area contributed by atoms with Crippen LogP contribution in [0.25, 0.3) is 0 Å². The predicted molar refractivity (Wildman–Crippen MR) is 74.8 cm³/mol. The minimum absolute atomic E-state index is 0.159. The van der Waals surface area contributed by atoms with E-state index in [4.69, 9.17) is 0 Å². The predicted octanol–water partition coefficient (Wildman–Crippen LogP) is 2.65. The molecule has 0 fully saturated rings. The molecule has 0 aliphatic rings. The number of aryl methyl sites for hydroxylation is 4. The van der Waals surface area contributed by atoms with Gasteiger partial charge in [-0.05, 0) is 50.6 Å². The van der Waals surface area contributed by atoms with Gasteiger partial charge in [0.2, 0.25) is 0 Å². The molecule has 3 heteroatoms. The molecular formula is C15H21N3. The summed E-state index contributed by atoms with van der Waals surface area (Å²) in [6, 6.07) is 6.69. The maximum absolute atomic E-state index is 4.52. The Labute approximate surface area is 109 Å². The largest absolute Gasteiger partial charge is 0.308 e. The fourth-order valence-corrected chi connectivity index (χ4v) is 2.67. The highest BCUT2D eigenvalue weighted by Crippen LogP contribution is 2.27. The van der Waals surface area contributed by atoms with E-state index < -0.39 is 0 Å². The molecule has 1 unspecified atom stereocenters. The highest BCUT2D eigenvalue weighted by molar-refractivity contribution is 5.42. The van der Waals surface area contributed by atoms with Crippen LogP contribution in [0.5, 0.6) is 0 Å². The van der Waals surface area contributed by atoms with Gasteiger partial charge in [0.05, 0.1) is 11.7 Å². The Hall–Kier alpha value is -1.61. The van der Waals surface area contributed by atoms with E-state index >= 15 is 0 Å². The van der Waals surface area contributed by atoms with Crippen LogP contribution in [0, 0.1) is 20.8 Å². The molecule has 3 nitrogen and oxygen atoms in total. The SMILES string of the molecule is CNC(c1ccn(C)n1)c1c(C)cc(C)cc1C. The van der Waals surface area contributed by atoms with Crippen molar-refractivity contribution < 1.29 is 0 Å². The zero-order valence-corrected chi connectivity index (χ0v) is 11.8. The number of aromatic nitrogens is 2. The Morgan fingerprint density at radius 3 is 2.22 bits per heavy atom. The second kappa shape index (κ2) is 4.94. The molecule has 1 aromatic heterocycles. The van der Waals surface area contributed by atoms with Crippen LogP contribution in [0.3, 0.4) is 0 Å². The molecule has 1 N–H and O–H groups in total. The molecule has 1 aromatic carbocycles. The molecule has 0 saturated heterocycles. The summed E-state index contributed by atoms with van der Waals surface area (Å²) in [5, 5.41) is 7.89.